The lowest BCUT2D eigenvalue weighted by Gasteiger charge is -2.16. The van der Waals surface area contributed by atoms with Crippen LogP contribution in [0.15, 0.2) is 101 Å². The number of aliphatic imine (C=N–C) groups is 2. The van der Waals surface area contributed by atoms with Crippen LogP contribution in [-0.4, -0.2) is 25.0 Å². The third-order valence-electron chi connectivity index (χ3n) is 5.34. The van der Waals surface area contributed by atoms with E-state index in [1.165, 1.54) is 0 Å². The summed E-state index contributed by atoms with van der Waals surface area (Å²) in [5.41, 5.74) is 3.39. The third kappa shape index (κ3) is 3.66. The molecule has 4 heteroatoms. The minimum Gasteiger partial charge on any atom is -0.478 e. The molecule has 0 bridgehead atoms. The molecule has 5 rings (SSSR count). The van der Waals surface area contributed by atoms with E-state index in [1.807, 2.05) is 54.6 Å². The van der Waals surface area contributed by atoms with Crippen LogP contribution in [0.5, 0.6) is 0 Å². The fourth-order valence-corrected chi connectivity index (χ4v) is 3.83. The Kier molecular flexibility index (Phi) is 4.83. The third-order valence-corrected chi connectivity index (χ3v) is 5.34. The molecule has 2 atom stereocenters. The first kappa shape index (κ1) is 17.7. The maximum atomic E-state index is 6.08. The summed E-state index contributed by atoms with van der Waals surface area (Å²) < 4.78 is 12.2. The summed E-state index contributed by atoms with van der Waals surface area (Å²) in [7, 11) is 0. The minimum absolute atomic E-state index is 0.00401. The van der Waals surface area contributed by atoms with E-state index in [4.69, 9.17) is 19.5 Å². The van der Waals surface area contributed by atoms with Crippen molar-refractivity contribution in [3.63, 3.8) is 0 Å². The lowest BCUT2D eigenvalue weighted by atomic mass is 9.98. The summed E-state index contributed by atoms with van der Waals surface area (Å²) in [6.45, 7) is 1.08. The molecule has 0 fully saturated rings. The monoisotopic (exact) mass is 382 g/mol. The number of benzene rings is 3. The van der Waals surface area contributed by atoms with Crippen LogP contribution in [0.4, 0.5) is 0 Å². The Morgan fingerprint density at radius 3 is 1.45 bits per heavy atom. The highest BCUT2D eigenvalue weighted by atomic mass is 16.5. The van der Waals surface area contributed by atoms with Crippen molar-refractivity contribution in [2.24, 2.45) is 9.98 Å². The van der Waals surface area contributed by atoms with E-state index >= 15 is 0 Å². The van der Waals surface area contributed by atoms with Gasteiger partial charge in [-0.2, -0.15) is 0 Å². The smallest absolute Gasteiger partial charge is 0.201 e. The van der Waals surface area contributed by atoms with E-state index in [-0.39, 0.29) is 18.0 Å². The highest BCUT2D eigenvalue weighted by Gasteiger charge is 2.36. The summed E-state index contributed by atoms with van der Waals surface area (Å²) in [6, 6.07) is 30.7. The largest absolute Gasteiger partial charge is 0.478 e. The molecule has 0 spiro atoms. The number of ether oxygens (including phenoxy) is 2. The summed E-state index contributed by atoms with van der Waals surface area (Å²) >= 11 is 0. The Hall–Kier alpha value is -3.40. The molecule has 0 saturated heterocycles. The molecule has 0 N–H and O–H groups in total. The van der Waals surface area contributed by atoms with Gasteiger partial charge in [0.05, 0.1) is 0 Å². The SMILES string of the molecule is c1ccc(C(C2=N[C@H](c3ccccc3)CO2)C2=N[C@H](c3ccccc3)CO2)cc1. The van der Waals surface area contributed by atoms with Crippen molar-refractivity contribution in [2.75, 3.05) is 13.2 Å². The van der Waals surface area contributed by atoms with E-state index < -0.39 is 0 Å². The van der Waals surface area contributed by atoms with Gasteiger partial charge in [-0.1, -0.05) is 91.0 Å². The molecular weight excluding hydrogens is 360 g/mol. The molecule has 3 aromatic rings. The predicted molar refractivity (Wildman–Crippen MR) is 114 cm³/mol. The second-order valence-corrected chi connectivity index (χ2v) is 7.25. The van der Waals surface area contributed by atoms with Crippen LogP contribution in [0.2, 0.25) is 0 Å². The van der Waals surface area contributed by atoms with E-state index in [2.05, 4.69) is 36.4 Å². The van der Waals surface area contributed by atoms with Gasteiger partial charge in [-0.05, 0) is 16.7 Å². The molecule has 2 aliphatic rings. The Balaban J connectivity index is 1.49. The van der Waals surface area contributed by atoms with Gasteiger partial charge in [-0.25, -0.2) is 9.98 Å². The summed E-state index contributed by atoms with van der Waals surface area (Å²) in [4.78, 5) is 9.82. The molecule has 0 aliphatic carbocycles. The van der Waals surface area contributed by atoms with Crippen molar-refractivity contribution < 1.29 is 9.47 Å². The van der Waals surface area contributed by atoms with Crippen molar-refractivity contribution >= 4 is 11.8 Å². The van der Waals surface area contributed by atoms with Gasteiger partial charge in [0.2, 0.25) is 11.8 Å². The van der Waals surface area contributed by atoms with Crippen molar-refractivity contribution in [3.05, 3.63) is 108 Å². The van der Waals surface area contributed by atoms with Crippen molar-refractivity contribution in [2.45, 2.75) is 18.0 Å². The first-order valence-electron chi connectivity index (χ1n) is 9.94. The average molecular weight is 382 g/mol. The van der Waals surface area contributed by atoms with E-state index in [9.17, 15) is 0 Å². The van der Waals surface area contributed by atoms with Crippen LogP contribution in [0.3, 0.4) is 0 Å². The Bertz CT molecular complexity index is 951. The fraction of sp³-hybridized carbons (Fsp3) is 0.200. The Morgan fingerprint density at radius 2 is 1.00 bits per heavy atom. The van der Waals surface area contributed by atoms with Gasteiger partial charge in [0, 0.05) is 0 Å². The van der Waals surface area contributed by atoms with Gasteiger partial charge in [0.25, 0.3) is 0 Å². The van der Waals surface area contributed by atoms with Crippen molar-refractivity contribution in [1.29, 1.82) is 0 Å². The molecule has 0 saturated carbocycles. The number of hydrogen-bond acceptors (Lipinski definition) is 4. The van der Waals surface area contributed by atoms with Crippen LogP contribution in [0, 0.1) is 0 Å². The standard InChI is InChI=1S/C25H22N2O2/c1-4-10-18(11-5-1)21-16-28-24(26-21)23(20-14-8-3-9-15-20)25-27-22(17-29-25)19-12-6-2-7-13-19/h1-15,21-23H,16-17H2/t21-,22-/m0/s1. The van der Waals surface area contributed by atoms with E-state index in [0.29, 0.717) is 25.0 Å². The topological polar surface area (TPSA) is 43.2 Å². The first-order chi connectivity index (χ1) is 14.4. The molecule has 144 valence electrons. The highest BCUT2D eigenvalue weighted by Crippen LogP contribution is 2.34. The summed E-state index contributed by atoms with van der Waals surface area (Å²) in [5.74, 6) is 1.13. The number of rotatable bonds is 5. The lowest BCUT2D eigenvalue weighted by Crippen LogP contribution is -2.22. The van der Waals surface area contributed by atoms with Crippen LogP contribution in [0.25, 0.3) is 0 Å². The van der Waals surface area contributed by atoms with Gasteiger partial charge < -0.3 is 9.47 Å². The van der Waals surface area contributed by atoms with Crippen molar-refractivity contribution in [3.8, 4) is 0 Å². The first-order valence-corrected chi connectivity index (χ1v) is 9.94. The zero-order chi connectivity index (χ0) is 19.5. The van der Waals surface area contributed by atoms with Crippen molar-refractivity contribution in [1.82, 2.24) is 0 Å². The molecule has 0 aromatic heterocycles. The lowest BCUT2D eigenvalue weighted by molar-refractivity contribution is 0.294. The second-order valence-electron chi connectivity index (χ2n) is 7.25. The molecule has 0 radical (unpaired) electrons. The molecule has 29 heavy (non-hydrogen) atoms. The molecule has 4 nitrogen and oxygen atoms in total. The zero-order valence-electron chi connectivity index (χ0n) is 16.0. The van der Waals surface area contributed by atoms with Gasteiger partial charge >= 0.3 is 0 Å². The molecule has 3 aromatic carbocycles. The Labute approximate surface area is 170 Å². The fourth-order valence-electron chi connectivity index (χ4n) is 3.83. The summed E-state index contributed by atoms with van der Waals surface area (Å²) in [6.07, 6.45) is 0. The predicted octanol–water partition coefficient (Wildman–Crippen LogP) is 5.11. The number of nitrogens with zero attached hydrogens (tertiary/aromatic N) is 2. The van der Waals surface area contributed by atoms with Gasteiger partial charge in [-0.15, -0.1) is 0 Å². The zero-order valence-corrected chi connectivity index (χ0v) is 16.0. The van der Waals surface area contributed by atoms with Gasteiger partial charge in [0.1, 0.15) is 31.2 Å². The molecule has 2 heterocycles. The maximum Gasteiger partial charge on any atom is 0.201 e. The Morgan fingerprint density at radius 1 is 0.586 bits per heavy atom. The van der Waals surface area contributed by atoms with Crippen LogP contribution < -0.4 is 0 Å². The van der Waals surface area contributed by atoms with Crippen LogP contribution in [-0.2, 0) is 9.47 Å². The summed E-state index contributed by atoms with van der Waals surface area (Å²) in [5, 5.41) is 0. The van der Waals surface area contributed by atoms with Crippen LogP contribution >= 0.6 is 0 Å². The molecule has 0 unspecified atom stereocenters. The maximum absolute atomic E-state index is 6.08. The van der Waals surface area contributed by atoms with Crippen LogP contribution in [0.1, 0.15) is 34.7 Å². The second kappa shape index (κ2) is 7.92. The van der Waals surface area contributed by atoms with E-state index in [1.54, 1.807) is 0 Å². The quantitative estimate of drug-likeness (QED) is 0.615. The van der Waals surface area contributed by atoms with Gasteiger partial charge in [-0.3, -0.25) is 0 Å². The minimum atomic E-state index is -0.223. The van der Waals surface area contributed by atoms with Gasteiger partial charge in [0.15, 0.2) is 0 Å². The highest BCUT2D eigenvalue weighted by molar-refractivity contribution is 6.06. The average Bonchev–Trinajstić information content (AvgIpc) is 3.47. The number of hydrogen-bond donors (Lipinski definition) is 0. The normalized spacial score (nSPS) is 20.7. The molecule has 2 aliphatic heterocycles. The molecular formula is C25H22N2O2. The molecule has 0 amide bonds. The van der Waals surface area contributed by atoms with E-state index in [0.717, 1.165) is 16.7 Å².